The van der Waals surface area contributed by atoms with Crippen LogP contribution < -0.4 is 0 Å². The van der Waals surface area contributed by atoms with E-state index in [1.54, 1.807) is 0 Å². The van der Waals surface area contributed by atoms with Gasteiger partial charge in [-0.1, -0.05) is 26.0 Å². The van der Waals surface area contributed by atoms with Gasteiger partial charge in [-0.05, 0) is 60.7 Å². The fourth-order valence-electron chi connectivity index (χ4n) is 5.27. The molecule has 0 aromatic carbocycles. The van der Waals surface area contributed by atoms with Crippen LogP contribution in [0.25, 0.3) is 0 Å². The molecule has 0 aliphatic heterocycles. The zero-order valence-corrected chi connectivity index (χ0v) is 11.6. The molecule has 18 heavy (non-hydrogen) atoms. The van der Waals surface area contributed by atoms with E-state index < -0.39 is 0 Å². The highest BCUT2D eigenvalue weighted by atomic mass is 16.5. The van der Waals surface area contributed by atoms with E-state index in [0.29, 0.717) is 35.7 Å². The van der Waals surface area contributed by atoms with Gasteiger partial charge in [-0.2, -0.15) is 0 Å². The molecule has 2 heteroatoms. The second kappa shape index (κ2) is 3.85. The highest BCUT2D eigenvalue weighted by Crippen LogP contribution is 2.70. The van der Waals surface area contributed by atoms with Gasteiger partial charge in [0, 0.05) is 0 Å². The highest BCUT2D eigenvalue weighted by molar-refractivity contribution is 5.37. The van der Waals surface area contributed by atoms with Crippen LogP contribution >= 0.6 is 0 Å². The number of rotatable bonds is 3. The Kier molecular flexibility index (Phi) is 2.62. The van der Waals surface area contributed by atoms with E-state index in [1.807, 2.05) is 0 Å². The molecule has 0 aromatic heterocycles. The lowest BCUT2D eigenvalue weighted by atomic mass is 9.56. The van der Waals surface area contributed by atoms with Crippen LogP contribution in [0.2, 0.25) is 0 Å². The van der Waals surface area contributed by atoms with Crippen molar-refractivity contribution in [1.29, 1.82) is 0 Å². The smallest absolute Gasteiger partial charge is 0.293 e. The summed E-state index contributed by atoms with van der Waals surface area (Å²) in [5.74, 6) is 2.04. The molecule has 0 N–H and O–H groups in total. The number of ether oxygens (including phenoxy) is 1. The summed E-state index contributed by atoms with van der Waals surface area (Å²) in [5, 5.41) is 0. The zero-order valence-electron chi connectivity index (χ0n) is 11.6. The molecule has 1 spiro atoms. The van der Waals surface area contributed by atoms with Crippen molar-refractivity contribution >= 4 is 6.47 Å². The summed E-state index contributed by atoms with van der Waals surface area (Å²) in [6.07, 6.45) is 6.44. The van der Waals surface area contributed by atoms with E-state index in [1.165, 1.54) is 37.7 Å². The summed E-state index contributed by atoms with van der Waals surface area (Å²) in [6, 6.07) is 0. The van der Waals surface area contributed by atoms with Gasteiger partial charge in [0.2, 0.25) is 0 Å². The number of hydrogen-bond donors (Lipinski definition) is 0. The molecule has 1 unspecified atom stereocenters. The second-order valence-corrected chi connectivity index (χ2v) is 7.18. The second-order valence-electron chi connectivity index (χ2n) is 7.18. The maximum atomic E-state index is 10.5. The van der Waals surface area contributed by atoms with Gasteiger partial charge >= 0.3 is 0 Å². The molecule has 0 heterocycles. The molecule has 3 aliphatic carbocycles. The first kappa shape index (κ1) is 12.3. The quantitative estimate of drug-likeness (QED) is 0.564. The molecule has 3 fully saturated rings. The Morgan fingerprint density at radius 2 is 2.17 bits per heavy atom. The summed E-state index contributed by atoms with van der Waals surface area (Å²) >= 11 is 0. The molecule has 0 amide bonds. The molecule has 0 saturated heterocycles. The molecule has 4 atom stereocenters. The number of allylic oxidation sites excluding steroid dienone is 1. The summed E-state index contributed by atoms with van der Waals surface area (Å²) in [7, 11) is 0. The van der Waals surface area contributed by atoms with E-state index in [0.717, 1.165) is 5.92 Å². The third kappa shape index (κ3) is 1.38. The SMILES string of the molecule is C=C1C2CC[C@H](COC=O)[C@@]23CC[C@H](C3)C1(C)C. The van der Waals surface area contributed by atoms with Gasteiger partial charge in [-0.25, -0.2) is 0 Å². The van der Waals surface area contributed by atoms with Crippen molar-refractivity contribution < 1.29 is 9.53 Å². The van der Waals surface area contributed by atoms with Gasteiger partial charge < -0.3 is 4.74 Å². The van der Waals surface area contributed by atoms with Crippen molar-refractivity contribution in [2.45, 2.75) is 46.0 Å². The van der Waals surface area contributed by atoms with Crippen LogP contribution in [0.5, 0.6) is 0 Å². The first-order valence-electron chi connectivity index (χ1n) is 7.27. The Hall–Kier alpha value is -0.790. The van der Waals surface area contributed by atoms with Gasteiger partial charge in [0.05, 0.1) is 6.61 Å². The van der Waals surface area contributed by atoms with Crippen molar-refractivity contribution in [2.75, 3.05) is 6.61 Å². The predicted octanol–water partition coefficient (Wildman–Crippen LogP) is 3.57. The summed E-state index contributed by atoms with van der Waals surface area (Å²) in [5.41, 5.74) is 2.20. The van der Waals surface area contributed by atoms with Crippen molar-refractivity contribution in [1.82, 2.24) is 0 Å². The number of carbonyl (C=O) groups excluding carboxylic acids is 1. The Bertz CT molecular complexity index is 385. The zero-order chi connectivity index (χ0) is 13.0. The van der Waals surface area contributed by atoms with Crippen molar-refractivity contribution in [2.24, 2.45) is 28.6 Å². The number of hydrogen-bond acceptors (Lipinski definition) is 2. The van der Waals surface area contributed by atoms with Crippen molar-refractivity contribution in [3.8, 4) is 0 Å². The lowest BCUT2D eigenvalue weighted by Crippen LogP contribution is -2.42. The van der Waals surface area contributed by atoms with Crippen molar-refractivity contribution in [3.05, 3.63) is 12.2 Å². The monoisotopic (exact) mass is 248 g/mol. The van der Waals surface area contributed by atoms with Gasteiger partial charge in [0.1, 0.15) is 0 Å². The van der Waals surface area contributed by atoms with Crippen LogP contribution in [-0.4, -0.2) is 13.1 Å². The molecular formula is C16H24O2. The van der Waals surface area contributed by atoms with Gasteiger partial charge in [0.15, 0.2) is 0 Å². The molecule has 0 aromatic rings. The lowest BCUT2D eigenvalue weighted by molar-refractivity contribution is -0.131. The number of fused-ring (bicyclic) bond motifs is 1. The van der Waals surface area contributed by atoms with Crippen LogP contribution in [0.15, 0.2) is 12.2 Å². The highest BCUT2D eigenvalue weighted by Gasteiger charge is 2.61. The first-order valence-corrected chi connectivity index (χ1v) is 7.27. The maximum absolute atomic E-state index is 10.5. The molecule has 2 nitrogen and oxygen atoms in total. The van der Waals surface area contributed by atoms with Crippen LogP contribution in [0, 0.1) is 28.6 Å². The summed E-state index contributed by atoms with van der Waals surface area (Å²) in [6.45, 7) is 10.4. The molecule has 3 saturated carbocycles. The van der Waals surface area contributed by atoms with Crippen LogP contribution in [0.1, 0.15) is 46.0 Å². The van der Waals surface area contributed by atoms with Crippen LogP contribution in [0.4, 0.5) is 0 Å². The van der Waals surface area contributed by atoms with E-state index in [2.05, 4.69) is 20.4 Å². The third-order valence-electron chi connectivity index (χ3n) is 6.53. The Morgan fingerprint density at radius 1 is 1.39 bits per heavy atom. The molecule has 3 rings (SSSR count). The first-order chi connectivity index (χ1) is 8.52. The Morgan fingerprint density at radius 3 is 2.89 bits per heavy atom. The van der Waals surface area contributed by atoms with Gasteiger partial charge in [-0.15, -0.1) is 0 Å². The number of carbonyl (C=O) groups is 1. The van der Waals surface area contributed by atoms with Crippen molar-refractivity contribution in [3.63, 3.8) is 0 Å². The normalized spacial score (nSPS) is 44.8. The molecule has 2 bridgehead atoms. The Balaban J connectivity index is 1.90. The summed E-state index contributed by atoms with van der Waals surface area (Å²) in [4.78, 5) is 10.5. The minimum atomic E-state index is 0.311. The molecular weight excluding hydrogens is 224 g/mol. The van der Waals surface area contributed by atoms with E-state index in [-0.39, 0.29) is 0 Å². The average molecular weight is 248 g/mol. The molecule has 0 radical (unpaired) electrons. The fourth-order valence-corrected chi connectivity index (χ4v) is 5.27. The topological polar surface area (TPSA) is 26.3 Å². The average Bonchev–Trinajstić information content (AvgIpc) is 2.90. The maximum Gasteiger partial charge on any atom is 0.293 e. The minimum Gasteiger partial charge on any atom is -0.468 e. The lowest BCUT2D eigenvalue weighted by Gasteiger charge is -2.49. The van der Waals surface area contributed by atoms with Gasteiger partial charge in [0.25, 0.3) is 6.47 Å². The standard InChI is InChI=1S/C16H24O2/c1-11-14-5-4-13(9-18-10-17)16(14)7-6-12(8-16)15(11,2)3/h10,12-14H,1,4-9H2,2-3H3/t12-,13-,14?,16+/m1/s1. The molecule has 100 valence electrons. The predicted molar refractivity (Wildman–Crippen MR) is 70.9 cm³/mol. The van der Waals surface area contributed by atoms with Crippen LogP contribution in [-0.2, 0) is 9.53 Å². The molecule has 3 aliphatic rings. The summed E-state index contributed by atoms with van der Waals surface area (Å²) < 4.78 is 5.09. The van der Waals surface area contributed by atoms with Gasteiger partial charge in [-0.3, -0.25) is 4.79 Å². The fraction of sp³-hybridized carbons (Fsp3) is 0.812. The van der Waals surface area contributed by atoms with E-state index in [9.17, 15) is 4.79 Å². The van der Waals surface area contributed by atoms with Crippen LogP contribution in [0.3, 0.4) is 0 Å². The van der Waals surface area contributed by atoms with E-state index >= 15 is 0 Å². The minimum absolute atomic E-state index is 0.311. The third-order valence-corrected chi connectivity index (χ3v) is 6.53. The van der Waals surface area contributed by atoms with E-state index in [4.69, 9.17) is 4.74 Å². The Labute approximate surface area is 110 Å². The largest absolute Gasteiger partial charge is 0.468 e.